The molecule has 1 aromatic rings. The molecule has 1 saturated carbocycles. The summed E-state index contributed by atoms with van der Waals surface area (Å²) >= 11 is 0. The number of urea groups is 1. The molecule has 1 atom stereocenters. The standard InChI is InChI=1S/C19H29N3O2/c1-14-8-10-22(11-9-14)17-5-3-4-16(12-17)20-18(24)21-19(2,13-23)15-6-7-15/h3-5,12,14-15,23H,6-11,13H2,1-2H3,(H2,20,21,24). The van der Waals surface area contributed by atoms with Gasteiger partial charge in [0.25, 0.3) is 0 Å². The predicted molar refractivity (Wildman–Crippen MR) is 97.4 cm³/mol. The molecule has 1 unspecified atom stereocenters. The van der Waals surface area contributed by atoms with Crippen LogP contribution in [-0.4, -0.2) is 36.4 Å². The van der Waals surface area contributed by atoms with Gasteiger partial charge in [0.2, 0.25) is 0 Å². The lowest BCUT2D eigenvalue weighted by molar-refractivity contribution is 0.159. The molecule has 1 heterocycles. The van der Waals surface area contributed by atoms with Crippen LogP contribution in [0.2, 0.25) is 0 Å². The smallest absolute Gasteiger partial charge is 0.319 e. The van der Waals surface area contributed by atoms with Crippen molar-refractivity contribution in [2.24, 2.45) is 11.8 Å². The van der Waals surface area contributed by atoms with Crippen LogP contribution in [0.5, 0.6) is 0 Å². The van der Waals surface area contributed by atoms with Crippen LogP contribution in [0.15, 0.2) is 24.3 Å². The minimum atomic E-state index is -0.523. The van der Waals surface area contributed by atoms with Gasteiger partial charge >= 0.3 is 6.03 Å². The van der Waals surface area contributed by atoms with Crippen molar-refractivity contribution < 1.29 is 9.90 Å². The highest BCUT2D eigenvalue weighted by molar-refractivity contribution is 5.90. The lowest BCUT2D eigenvalue weighted by atomic mass is 9.97. The van der Waals surface area contributed by atoms with E-state index in [4.69, 9.17) is 0 Å². The third-order valence-electron chi connectivity index (χ3n) is 5.46. The number of aliphatic hydroxyl groups is 1. The number of hydrogen-bond acceptors (Lipinski definition) is 3. The van der Waals surface area contributed by atoms with Crippen LogP contribution in [0.4, 0.5) is 16.2 Å². The van der Waals surface area contributed by atoms with Gasteiger partial charge in [0.1, 0.15) is 0 Å². The quantitative estimate of drug-likeness (QED) is 0.776. The molecule has 3 N–H and O–H groups in total. The summed E-state index contributed by atoms with van der Waals surface area (Å²) in [5.74, 6) is 1.18. The molecule has 0 spiro atoms. The van der Waals surface area contributed by atoms with Crippen molar-refractivity contribution in [3.8, 4) is 0 Å². The first-order chi connectivity index (χ1) is 11.5. The minimum Gasteiger partial charge on any atom is -0.394 e. The molecule has 132 valence electrons. The zero-order chi connectivity index (χ0) is 17.2. The first-order valence-corrected chi connectivity index (χ1v) is 9.05. The van der Waals surface area contributed by atoms with Crippen LogP contribution in [0.25, 0.3) is 0 Å². The molecule has 1 aliphatic heterocycles. The van der Waals surface area contributed by atoms with Crippen molar-refractivity contribution in [2.75, 3.05) is 29.9 Å². The third-order valence-corrected chi connectivity index (χ3v) is 5.46. The van der Waals surface area contributed by atoms with Crippen LogP contribution in [-0.2, 0) is 0 Å². The largest absolute Gasteiger partial charge is 0.394 e. The summed E-state index contributed by atoms with van der Waals surface area (Å²) in [6, 6.07) is 7.77. The Morgan fingerprint density at radius 3 is 2.62 bits per heavy atom. The Hall–Kier alpha value is -1.75. The van der Waals surface area contributed by atoms with Gasteiger partial charge in [-0.1, -0.05) is 13.0 Å². The fourth-order valence-corrected chi connectivity index (χ4v) is 3.46. The molecule has 5 nitrogen and oxygen atoms in total. The first kappa shape index (κ1) is 17.1. The van der Waals surface area contributed by atoms with E-state index < -0.39 is 5.54 Å². The molecule has 1 saturated heterocycles. The maximum atomic E-state index is 12.3. The van der Waals surface area contributed by atoms with Gasteiger partial charge in [-0.3, -0.25) is 0 Å². The second-order valence-corrected chi connectivity index (χ2v) is 7.65. The van der Waals surface area contributed by atoms with E-state index in [1.807, 2.05) is 25.1 Å². The number of carbonyl (C=O) groups excluding carboxylic acids is 1. The van der Waals surface area contributed by atoms with Gasteiger partial charge in [0, 0.05) is 24.5 Å². The summed E-state index contributed by atoms with van der Waals surface area (Å²) < 4.78 is 0. The van der Waals surface area contributed by atoms with E-state index in [-0.39, 0.29) is 12.6 Å². The molecular weight excluding hydrogens is 302 g/mol. The minimum absolute atomic E-state index is 0.0307. The molecule has 0 radical (unpaired) electrons. The molecule has 2 fully saturated rings. The Labute approximate surface area is 144 Å². The number of carbonyl (C=O) groups is 1. The number of benzene rings is 1. The van der Waals surface area contributed by atoms with Crippen molar-refractivity contribution in [1.82, 2.24) is 5.32 Å². The lowest BCUT2D eigenvalue weighted by Gasteiger charge is -2.32. The van der Waals surface area contributed by atoms with E-state index in [0.717, 1.165) is 43.2 Å². The SMILES string of the molecule is CC1CCN(c2cccc(NC(=O)NC(C)(CO)C3CC3)c2)CC1. The van der Waals surface area contributed by atoms with Gasteiger partial charge in [-0.05, 0) is 62.6 Å². The van der Waals surface area contributed by atoms with Gasteiger partial charge in [-0.2, -0.15) is 0 Å². The van der Waals surface area contributed by atoms with Crippen LogP contribution in [0.3, 0.4) is 0 Å². The van der Waals surface area contributed by atoms with Crippen LogP contribution >= 0.6 is 0 Å². The molecule has 5 heteroatoms. The van der Waals surface area contributed by atoms with Crippen molar-refractivity contribution in [1.29, 1.82) is 0 Å². The fraction of sp³-hybridized carbons (Fsp3) is 0.632. The van der Waals surface area contributed by atoms with E-state index in [0.29, 0.717) is 5.92 Å². The molecule has 1 aliphatic carbocycles. The summed E-state index contributed by atoms with van der Waals surface area (Å²) in [5, 5.41) is 15.5. The maximum Gasteiger partial charge on any atom is 0.319 e. The van der Waals surface area contributed by atoms with Gasteiger partial charge in [-0.25, -0.2) is 4.79 Å². The van der Waals surface area contributed by atoms with Gasteiger partial charge in [0.15, 0.2) is 0 Å². The number of piperidine rings is 1. The fourth-order valence-electron chi connectivity index (χ4n) is 3.46. The molecule has 0 aromatic heterocycles. The molecule has 0 bridgehead atoms. The van der Waals surface area contributed by atoms with E-state index in [1.165, 1.54) is 12.8 Å². The molecular formula is C19H29N3O2. The average Bonchev–Trinajstić information content (AvgIpc) is 3.41. The maximum absolute atomic E-state index is 12.3. The van der Waals surface area contributed by atoms with E-state index in [2.05, 4.69) is 28.5 Å². The van der Waals surface area contributed by atoms with Crippen molar-refractivity contribution in [2.45, 2.75) is 45.1 Å². The molecule has 2 aliphatic rings. The number of amides is 2. The molecule has 24 heavy (non-hydrogen) atoms. The topological polar surface area (TPSA) is 64.6 Å². The Morgan fingerprint density at radius 1 is 1.29 bits per heavy atom. The van der Waals surface area contributed by atoms with Crippen molar-refractivity contribution in [3.05, 3.63) is 24.3 Å². The van der Waals surface area contributed by atoms with Crippen LogP contribution in [0, 0.1) is 11.8 Å². The Morgan fingerprint density at radius 2 is 2.00 bits per heavy atom. The van der Waals surface area contributed by atoms with E-state index in [1.54, 1.807) is 0 Å². The monoisotopic (exact) mass is 331 g/mol. The van der Waals surface area contributed by atoms with E-state index in [9.17, 15) is 9.90 Å². The van der Waals surface area contributed by atoms with Gasteiger partial charge in [-0.15, -0.1) is 0 Å². The van der Waals surface area contributed by atoms with Crippen LogP contribution < -0.4 is 15.5 Å². The number of anilines is 2. The normalized spacial score (nSPS) is 21.2. The number of nitrogens with one attached hydrogen (secondary N) is 2. The number of hydrogen-bond donors (Lipinski definition) is 3. The van der Waals surface area contributed by atoms with Crippen molar-refractivity contribution in [3.63, 3.8) is 0 Å². The first-order valence-electron chi connectivity index (χ1n) is 9.05. The lowest BCUT2D eigenvalue weighted by Crippen LogP contribution is -2.52. The van der Waals surface area contributed by atoms with Gasteiger partial charge < -0.3 is 20.6 Å². The zero-order valence-corrected chi connectivity index (χ0v) is 14.7. The average molecular weight is 331 g/mol. The zero-order valence-electron chi connectivity index (χ0n) is 14.7. The Balaban J connectivity index is 1.61. The highest BCUT2D eigenvalue weighted by Crippen LogP contribution is 2.39. The molecule has 1 aromatic carbocycles. The second-order valence-electron chi connectivity index (χ2n) is 7.65. The molecule has 2 amide bonds. The number of rotatable bonds is 5. The summed E-state index contributed by atoms with van der Waals surface area (Å²) in [7, 11) is 0. The highest BCUT2D eigenvalue weighted by atomic mass is 16.3. The van der Waals surface area contributed by atoms with Crippen molar-refractivity contribution >= 4 is 17.4 Å². The Bertz CT molecular complexity index is 580. The predicted octanol–water partition coefficient (Wildman–Crippen LogP) is 3.21. The number of aliphatic hydroxyl groups excluding tert-OH is 1. The summed E-state index contributed by atoms with van der Waals surface area (Å²) in [6.45, 7) is 6.33. The summed E-state index contributed by atoms with van der Waals surface area (Å²) in [4.78, 5) is 14.7. The Kier molecular flexibility index (Phi) is 4.99. The van der Waals surface area contributed by atoms with Gasteiger partial charge in [0.05, 0.1) is 12.1 Å². The highest BCUT2D eigenvalue weighted by Gasteiger charge is 2.42. The van der Waals surface area contributed by atoms with E-state index >= 15 is 0 Å². The third kappa shape index (κ3) is 4.01. The number of nitrogens with zero attached hydrogens (tertiary/aromatic N) is 1. The summed E-state index contributed by atoms with van der Waals surface area (Å²) in [5.41, 5.74) is 1.43. The molecule has 3 rings (SSSR count). The second kappa shape index (κ2) is 7.01. The van der Waals surface area contributed by atoms with Crippen LogP contribution in [0.1, 0.15) is 39.5 Å². The summed E-state index contributed by atoms with van der Waals surface area (Å²) in [6.07, 6.45) is 4.57.